The summed E-state index contributed by atoms with van der Waals surface area (Å²) in [5.74, 6) is 0.429. The molecule has 0 heterocycles. The Kier molecular flexibility index (Phi) is 2.90. The Labute approximate surface area is 68.8 Å². The average molecular weight is 157 g/mol. The van der Waals surface area contributed by atoms with Crippen LogP contribution in [-0.4, -0.2) is 18.3 Å². The van der Waals surface area contributed by atoms with Gasteiger partial charge in [0.25, 0.3) is 0 Å². The second-order valence-corrected chi connectivity index (χ2v) is 4.05. The fourth-order valence-electron chi connectivity index (χ4n) is 1.97. The summed E-state index contributed by atoms with van der Waals surface area (Å²) < 4.78 is 0. The highest BCUT2D eigenvalue weighted by atomic mass is 16.3. The van der Waals surface area contributed by atoms with Crippen LogP contribution in [0, 0.1) is 11.3 Å². The normalized spacial score (nSPS) is 24.3. The zero-order chi connectivity index (χ0) is 8.32. The molecule has 2 nitrogen and oxygen atoms in total. The molecule has 3 N–H and O–H groups in total. The Bertz CT molecular complexity index is 115. The van der Waals surface area contributed by atoms with Crippen molar-refractivity contribution in [3.05, 3.63) is 0 Å². The van der Waals surface area contributed by atoms with Gasteiger partial charge in [-0.2, -0.15) is 0 Å². The van der Waals surface area contributed by atoms with Crippen molar-refractivity contribution >= 4 is 0 Å². The van der Waals surface area contributed by atoms with Crippen LogP contribution in [0.5, 0.6) is 0 Å². The number of aliphatic hydroxyl groups excluding tert-OH is 1. The van der Waals surface area contributed by atoms with E-state index in [9.17, 15) is 0 Å². The van der Waals surface area contributed by atoms with Crippen molar-refractivity contribution in [2.75, 3.05) is 13.2 Å². The van der Waals surface area contributed by atoms with Crippen LogP contribution >= 0.6 is 0 Å². The predicted molar refractivity (Wildman–Crippen MR) is 46.2 cm³/mol. The van der Waals surface area contributed by atoms with E-state index in [1.165, 1.54) is 19.3 Å². The van der Waals surface area contributed by atoms with Crippen LogP contribution in [0.15, 0.2) is 0 Å². The minimum absolute atomic E-state index is 0.307. The summed E-state index contributed by atoms with van der Waals surface area (Å²) in [5.41, 5.74) is 6.10. The van der Waals surface area contributed by atoms with E-state index in [0.29, 0.717) is 17.9 Å². The first-order valence-corrected chi connectivity index (χ1v) is 4.53. The molecule has 1 aliphatic rings. The first-order chi connectivity index (χ1) is 5.22. The molecule has 0 amide bonds. The Morgan fingerprint density at radius 3 is 2.45 bits per heavy atom. The molecule has 1 atom stereocenters. The molecule has 0 bridgehead atoms. The number of hydrogen-bond acceptors (Lipinski definition) is 2. The molecule has 1 rings (SSSR count). The zero-order valence-electron chi connectivity index (χ0n) is 7.34. The lowest BCUT2D eigenvalue weighted by Crippen LogP contribution is -2.39. The van der Waals surface area contributed by atoms with Gasteiger partial charge in [-0.25, -0.2) is 0 Å². The molecule has 1 saturated carbocycles. The molecule has 0 aromatic carbocycles. The van der Waals surface area contributed by atoms with Crippen LogP contribution in [0.25, 0.3) is 0 Å². The van der Waals surface area contributed by atoms with E-state index in [1.807, 2.05) is 0 Å². The molecule has 2 heteroatoms. The minimum atomic E-state index is 0.307. The zero-order valence-corrected chi connectivity index (χ0v) is 7.34. The van der Waals surface area contributed by atoms with E-state index >= 15 is 0 Å². The molecule has 0 spiro atoms. The van der Waals surface area contributed by atoms with Gasteiger partial charge in [-0.3, -0.25) is 0 Å². The van der Waals surface area contributed by atoms with Gasteiger partial charge in [0.1, 0.15) is 0 Å². The second kappa shape index (κ2) is 3.55. The van der Waals surface area contributed by atoms with Gasteiger partial charge in [0, 0.05) is 6.61 Å². The SMILES string of the molecule is CC(CO)CC1(CN)CCC1. The number of hydrogen-bond donors (Lipinski definition) is 2. The summed E-state index contributed by atoms with van der Waals surface area (Å²) in [7, 11) is 0. The quantitative estimate of drug-likeness (QED) is 0.642. The largest absolute Gasteiger partial charge is 0.396 e. The molecule has 1 unspecified atom stereocenters. The highest BCUT2D eigenvalue weighted by molar-refractivity contribution is 4.89. The van der Waals surface area contributed by atoms with Crippen LogP contribution in [0.4, 0.5) is 0 Å². The molecular formula is C9H19NO. The first kappa shape index (κ1) is 9.01. The molecule has 11 heavy (non-hydrogen) atoms. The fraction of sp³-hybridized carbons (Fsp3) is 1.00. The summed E-state index contributed by atoms with van der Waals surface area (Å²) in [6, 6.07) is 0. The van der Waals surface area contributed by atoms with E-state index in [1.54, 1.807) is 0 Å². The lowest BCUT2D eigenvalue weighted by Gasteiger charge is -2.42. The predicted octanol–water partition coefficient (Wildman–Crippen LogP) is 1.13. The maximum absolute atomic E-state index is 8.87. The van der Waals surface area contributed by atoms with E-state index in [0.717, 1.165) is 13.0 Å². The van der Waals surface area contributed by atoms with Crippen molar-refractivity contribution in [1.29, 1.82) is 0 Å². The third kappa shape index (κ3) is 1.94. The molecule has 0 aromatic rings. The van der Waals surface area contributed by atoms with Gasteiger partial charge in [-0.05, 0) is 37.1 Å². The number of aliphatic hydroxyl groups is 1. The Balaban J connectivity index is 2.32. The highest BCUT2D eigenvalue weighted by Crippen LogP contribution is 2.44. The smallest absolute Gasteiger partial charge is 0.0456 e. The van der Waals surface area contributed by atoms with E-state index in [4.69, 9.17) is 10.8 Å². The van der Waals surface area contributed by atoms with Crippen LogP contribution in [0.1, 0.15) is 32.6 Å². The monoisotopic (exact) mass is 157 g/mol. The molecule has 0 saturated heterocycles. The summed E-state index contributed by atoms with van der Waals surface area (Å²) in [6.07, 6.45) is 4.98. The fourth-order valence-corrected chi connectivity index (χ4v) is 1.97. The van der Waals surface area contributed by atoms with Crippen molar-refractivity contribution in [2.24, 2.45) is 17.1 Å². The standard InChI is InChI=1S/C9H19NO/c1-8(6-11)5-9(7-10)3-2-4-9/h8,11H,2-7,10H2,1H3. The Morgan fingerprint density at radius 2 is 2.18 bits per heavy atom. The molecule has 0 aromatic heterocycles. The number of nitrogens with two attached hydrogens (primary N) is 1. The van der Waals surface area contributed by atoms with Gasteiger partial charge < -0.3 is 10.8 Å². The van der Waals surface area contributed by atoms with Crippen LogP contribution in [0.3, 0.4) is 0 Å². The summed E-state index contributed by atoms with van der Waals surface area (Å²) >= 11 is 0. The van der Waals surface area contributed by atoms with Crippen LogP contribution < -0.4 is 5.73 Å². The summed E-state index contributed by atoms with van der Waals surface area (Å²) in [4.78, 5) is 0. The lowest BCUT2D eigenvalue weighted by molar-refractivity contribution is 0.0861. The second-order valence-electron chi connectivity index (χ2n) is 4.05. The van der Waals surface area contributed by atoms with Gasteiger partial charge in [-0.15, -0.1) is 0 Å². The molecular weight excluding hydrogens is 138 g/mol. The molecule has 0 radical (unpaired) electrons. The topological polar surface area (TPSA) is 46.2 Å². The van der Waals surface area contributed by atoms with Crippen molar-refractivity contribution in [3.63, 3.8) is 0 Å². The van der Waals surface area contributed by atoms with Gasteiger partial charge in [0.05, 0.1) is 0 Å². The third-order valence-electron chi connectivity index (χ3n) is 2.94. The van der Waals surface area contributed by atoms with E-state index in [-0.39, 0.29) is 0 Å². The molecule has 1 fully saturated rings. The van der Waals surface area contributed by atoms with Crippen LogP contribution in [0.2, 0.25) is 0 Å². The average Bonchev–Trinajstić information content (AvgIpc) is 1.96. The van der Waals surface area contributed by atoms with E-state index < -0.39 is 0 Å². The molecule has 1 aliphatic carbocycles. The first-order valence-electron chi connectivity index (χ1n) is 4.53. The van der Waals surface area contributed by atoms with Crippen molar-refractivity contribution < 1.29 is 5.11 Å². The van der Waals surface area contributed by atoms with Crippen molar-refractivity contribution in [3.8, 4) is 0 Å². The Morgan fingerprint density at radius 1 is 1.55 bits per heavy atom. The van der Waals surface area contributed by atoms with Crippen molar-refractivity contribution in [2.45, 2.75) is 32.6 Å². The molecule has 0 aliphatic heterocycles. The summed E-state index contributed by atoms with van der Waals surface area (Å²) in [5, 5.41) is 8.87. The van der Waals surface area contributed by atoms with Gasteiger partial charge in [0.2, 0.25) is 0 Å². The van der Waals surface area contributed by atoms with Crippen LogP contribution in [-0.2, 0) is 0 Å². The van der Waals surface area contributed by atoms with Crippen molar-refractivity contribution in [1.82, 2.24) is 0 Å². The maximum atomic E-state index is 8.87. The highest BCUT2D eigenvalue weighted by Gasteiger charge is 2.36. The lowest BCUT2D eigenvalue weighted by atomic mass is 9.64. The van der Waals surface area contributed by atoms with E-state index in [2.05, 4.69) is 6.92 Å². The van der Waals surface area contributed by atoms with Gasteiger partial charge >= 0.3 is 0 Å². The number of rotatable bonds is 4. The Hall–Kier alpha value is -0.0800. The third-order valence-corrected chi connectivity index (χ3v) is 2.94. The van der Waals surface area contributed by atoms with Gasteiger partial charge in [-0.1, -0.05) is 13.3 Å². The molecule has 66 valence electrons. The van der Waals surface area contributed by atoms with Gasteiger partial charge in [0.15, 0.2) is 0 Å². The maximum Gasteiger partial charge on any atom is 0.0456 e. The minimum Gasteiger partial charge on any atom is -0.396 e. The summed E-state index contributed by atoms with van der Waals surface area (Å²) in [6.45, 7) is 3.20.